The van der Waals surface area contributed by atoms with Crippen molar-refractivity contribution in [1.29, 1.82) is 0 Å². The van der Waals surface area contributed by atoms with Crippen LogP contribution in [0.4, 0.5) is 0 Å². The van der Waals surface area contributed by atoms with E-state index in [0.29, 0.717) is 12.0 Å². The number of hydrogen-bond donors (Lipinski definition) is 2. The SMILES string of the molecule is COC(C(=O)NCC1CCC(N)CC1)c1ccccc1. The Morgan fingerprint density at radius 2 is 1.95 bits per heavy atom. The Labute approximate surface area is 120 Å². The predicted octanol–water partition coefficient (Wildman–Crippen LogP) is 2.01. The van der Waals surface area contributed by atoms with Crippen molar-refractivity contribution in [2.24, 2.45) is 11.7 Å². The number of methoxy groups -OCH3 is 1. The van der Waals surface area contributed by atoms with Crippen molar-refractivity contribution >= 4 is 5.91 Å². The number of carbonyl (C=O) groups excluding carboxylic acids is 1. The molecule has 1 aliphatic rings. The normalized spacial score (nSPS) is 24.1. The first-order chi connectivity index (χ1) is 9.70. The average molecular weight is 276 g/mol. The first-order valence-electron chi connectivity index (χ1n) is 7.31. The molecule has 1 aromatic rings. The van der Waals surface area contributed by atoms with Gasteiger partial charge in [0, 0.05) is 19.7 Å². The molecule has 1 aromatic carbocycles. The van der Waals surface area contributed by atoms with E-state index in [1.807, 2.05) is 30.3 Å². The molecule has 0 aliphatic heterocycles. The summed E-state index contributed by atoms with van der Waals surface area (Å²) in [6, 6.07) is 9.92. The molecule has 20 heavy (non-hydrogen) atoms. The molecule has 1 fully saturated rings. The lowest BCUT2D eigenvalue weighted by Gasteiger charge is -2.26. The van der Waals surface area contributed by atoms with Crippen molar-refractivity contribution in [3.8, 4) is 0 Å². The van der Waals surface area contributed by atoms with Gasteiger partial charge < -0.3 is 15.8 Å². The third-order valence-corrected chi connectivity index (χ3v) is 4.03. The lowest BCUT2D eigenvalue weighted by atomic mass is 9.86. The van der Waals surface area contributed by atoms with Gasteiger partial charge in [0.05, 0.1) is 0 Å². The molecule has 0 radical (unpaired) electrons. The molecule has 4 heteroatoms. The van der Waals surface area contributed by atoms with Gasteiger partial charge in [0.15, 0.2) is 6.10 Å². The van der Waals surface area contributed by atoms with Crippen molar-refractivity contribution < 1.29 is 9.53 Å². The number of nitrogens with one attached hydrogen (secondary N) is 1. The van der Waals surface area contributed by atoms with Gasteiger partial charge in [-0.2, -0.15) is 0 Å². The molecule has 1 unspecified atom stereocenters. The first-order valence-corrected chi connectivity index (χ1v) is 7.31. The maximum Gasteiger partial charge on any atom is 0.253 e. The van der Waals surface area contributed by atoms with Crippen LogP contribution < -0.4 is 11.1 Å². The second kappa shape index (κ2) is 7.41. The van der Waals surface area contributed by atoms with E-state index >= 15 is 0 Å². The predicted molar refractivity (Wildman–Crippen MR) is 79.1 cm³/mol. The highest BCUT2D eigenvalue weighted by Gasteiger charge is 2.22. The molecule has 4 nitrogen and oxygen atoms in total. The Morgan fingerprint density at radius 3 is 2.55 bits per heavy atom. The van der Waals surface area contributed by atoms with Crippen molar-refractivity contribution in [2.75, 3.05) is 13.7 Å². The number of ether oxygens (including phenoxy) is 1. The summed E-state index contributed by atoms with van der Waals surface area (Å²) in [4.78, 5) is 12.2. The fraction of sp³-hybridized carbons (Fsp3) is 0.562. The second-order valence-corrected chi connectivity index (χ2v) is 5.55. The standard InChI is InChI=1S/C16H24N2O2/c1-20-15(13-5-3-2-4-6-13)16(19)18-11-12-7-9-14(17)10-8-12/h2-6,12,14-15H,7-11,17H2,1H3,(H,18,19). The second-order valence-electron chi connectivity index (χ2n) is 5.55. The Morgan fingerprint density at radius 1 is 1.30 bits per heavy atom. The van der Waals surface area contributed by atoms with Gasteiger partial charge in [-0.15, -0.1) is 0 Å². The number of benzene rings is 1. The van der Waals surface area contributed by atoms with Crippen molar-refractivity contribution in [3.63, 3.8) is 0 Å². The monoisotopic (exact) mass is 276 g/mol. The van der Waals surface area contributed by atoms with Crippen LogP contribution in [-0.4, -0.2) is 25.6 Å². The van der Waals surface area contributed by atoms with Crippen LogP contribution in [0.2, 0.25) is 0 Å². The van der Waals surface area contributed by atoms with E-state index in [1.54, 1.807) is 7.11 Å². The third-order valence-electron chi connectivity index (χ3n) is 4.03. The smallest absolute Gasteiger partial charge is 0.253 e. The maximum atomic E-state index is 12.2. The first kappa shape index (κ1) is 15.0. The van der Waals surface area contributed by atoms with E-state index in [1.165, 1.54) is 0 Å². The van der Waals surface area contributed by atoms with Gasteiger partial charge in [-0.25, -0.2) is 0 Å². The Kier molecular flexibility index (Phi) is 5.56. The molecule has 1 atom stereocenters. The lowest BCUT2D eigenvalue weighted by molar-refractivity contribution is -0.131. The van der Waals surface area contributed by atoms with E-state index < -0.39 is 6.10 Å². The van der Waals surface area contributed by atoms with Crippen LogP contribution in [-0.2, 0) is 9.53 Å². The minimum atomic E-state index is -0.526. The summed E-state index contributed by atoms with van der Waals surface area (Å²) < 4.78 is 5.32. The zero-order chi connectivity index (χ0) is 14.4. The molecular weight excluding hydrogens is 252 g/mol. The number of carbonyl (C=O) groups is 1. The molecule has 1 aliphatic carbocycles. The molecule has 0 spiro atoms. The van der Waals surface area contributed by atoms with Crippen LogP contribution in [0.5, 0.6) is 0 Å². The minimum absolute atomic E-state index is 0.0615. The highest BCUT2D eigenvalue weighted by atomic mass is 16.5. The van der Waals surface area contributed by atoms with Gasteiger partial charge in [-0.3, -0.25) is 4.79 Å². The maximum absolute atomic E-state index is 12.2. The topological polar surface area (TPSA) is 64.3 Å². The van der Waals surface area contributed by atoms with Crippen LogP contribution in [0.25, 0.3) is 0 Å². The zero-order valence-corrected chi connectivity index (χ0v) is 12.0. The quantitative estimate of drug-likeness (QED) is 0.864. The van der Waals surface area contributed by atoms with Gasteiger partial charge in [0.2, 0.25) is 0 Å². The lowest BCUT2D eigenvalue weighted by Crippen LogP contribution is -2.36. The molecule has 1 amide bonds. The van der Waals surface area contributed by atoms with E-state index in [-0.39, 0.29) is 5.91 Å². The molecular formula is C16H24N2O2. The summed E-state index contributed by atoms with van der Waals surface area (Å²) in [5.74, 6) is 0.487. The van der Waals surface area contributed by atoms with E-state index in [2.05, 4.69) is 5.32 Å². The van der Waals surface area contributed by atoms with Crippen molar-refractivity contribution in [2.45, 2.75) is 37.8 Å². The van der Waals surface area contributed by atoms with Gasteiger partial charge in [0.1, 0.15) is 0 Å². The van der Waals surface area contributed by atoms with Crippen LogP contribution in [0, 0.1) is 5.92 Å². The average Bonchev–Trinajstić information content (AvgIpc) is 2.48. The van der Waals surface area contributed by atoms with Crippen LogP contribution in [0.1, 0.15) is 37.4 Å². The van der Waals surface area contributed by atoms with Crippen LogP contribution in [0.15, 0.2) is 30.3 Å². The molecule has 0 heterocycles. The van der Waals surface area contributed by atoms with E-state index in [9.17, 15) is 4.79 Å². The Bertz CT molecular complexity index is 414. The minimum Gasteiger partial charge on any atom is -0.367 e. The van der Waals surface area contributed by atoms with Crippen LogP contribution in [0.3, 0.4) is 0 Å². The summed E-state index contributed by atoms with van der Waals surface area (Å²) in [5.41, 5.74) is 6.78. The number of amides is 1. The van der Waals surface area contributed by atoms with E-state index in [0.717, 1.165) is 37.8 Å². The molecule has 0 aromatic heterocycles. The highest BCUT2D eigenvalue weighted by molar-refractivity contribution is 5.82. The Balaban J connectivity index is 1.84. The summed E-state index contributed by atoms with van der Waals surface area (Å²) in [7, 11) is 1.57. The fourth-order valence-corrected chi connectivity index (χ4v) is 2.75. The zero-order valence-electron chi connectivity index (χ0n) is 12.0. The molecule has 3 N–H and O–H groups in total. The van der Waals surface area contributed by atoms with Crippen LogP contribution >= 0.6 is 0 Å². The number of hydrogen-bond acceptors (Lipinski definition) is 3. The van der Waals surface area contributed by atoms with Crippen molar-refractivity contribution in [3.05, 3.63) is 35.9 Å². The van der Waals surface area contributed by atoms with Crippen molar-refractivity contribution in [1.82, 2.24) is 5.32 Å². The third kappa shape index (κ3) is 4.05. The largest absolute Gasteiger partial charge is 0.367 e. The van der Waals surface area contributed by atoms with Gasteiger partial charge in [-0.05, 0) is 37.2 Å². The molecule has 0 bridgehead atoms. The van der Waals surface area contributed by atoms with E-state index in [4.69, 9.17) is 10.5 Å². The summed E-state index contributed by atoms with van der Waals surface area (Å²) in [6.07, 6.45) is 3.80. The molecule has 110 valence electrons. The summed E-state index contributed by atoms with van der Waals surface area (Å²) in [5, 5.41) is 3.01. The van der Waals surface area contributed by atoms with Gasteiger partial charge >= 0.3 is 0 Å². The fourth-order valence-electron chi connectivity index (χ4n) is 2.75. The summed E-state index contributed by atoms with van der Waals surface area (Å²) in [6.45, 7) is 0.720. The number of nitrogens with two attached hydrogens (primary N) is 1. The number of rotatable bonds is 5. The molecule has 2 rings (SSSR count). The Hall–Kier alpha value is -1.39. The highest BCUT2D eigenvalue weighted by Crippen LogP contribution is 2.23. The van der Waals surface area contributed by atoms with Gasteiger partial charge in [-0.1, -0.05) is 30.3 Å². The summed E-state index contributed by atoms with van der Waals surface area (Å²) >= 11 is 0. The van der Waals surface area contributed by atoms with Gasteiger partial charge in [0.25, 0.3) is 5.91 Å². The molecule has 0 saturated heterocycles. The molecule has 1 saturated carbocycles.